The Hall–Kier alpha value is -2.40. The minimum Gasteiger partial charge on any atom is -0.493 e. The molecule has 1 heterocycles. The summed E-state index contributed by atoms with van der Waals surface area (Å²) in [6.45, 7) is 0.538. The smallest absolute Gasteiger partial charge is 0.226 e. The minimum atomic E-state index is -0.586. The van der Waals surface area contributed by atoms with E-state index in [1.165, 1.54) is 12.1 Å². The second kappa shape index (κ2) is 7.45. The third-order valence-corrected chi connectivity index (χ3v) is 4.16. The Balaban J connectivity index is 1.62. The SMILES string of the molecule is O=C(CCOc1ccccc1)N1CC(O)CC1c1cccc(F)c1. The highest BCUT2D eigenvalue weighted by molar-refractivity contribution is 5.77. The van der Waals surface area contributed by atoms with Crippen LogP contribution in [0.5, 0.6) is 5.75 Å². The highest BCUT2D eigenvalue weighted by Gasteiger charge is 2.35. The van der Waals surface area contributed by atoms with Crippen molar-refractivity contribution in [3.63, 3.8) is 0 Å². The van der Waals surface area contributed by atoms with Gasteiger partial charge in [0.25, 0.3) is 0 Å². The van der Waals surface area contributed by atoms with Crippen molar-refractivity contribution in [2.24, 2.45) is 0 Å². The topological polar surface area (TPSA) is 49.8 Å². The van der Waals surface area contributed by atoms with Gasteiger partial charge >= 0.3 is 0 Å². The van der Waals surface area contributed by atoms with E-state index in [1.807, 2.05) is 30.3 Å². The highest BCUT2D eigenvalue weighted by Crippen LogP contribution is 2.32. The summed E-state index contributed by atoms with van der Waals surface area (Å²) in [6.07, 6.45) is 0.0552. The van der Waals surface area contributed by atoms with Crippen LogP contribution in [0.3, 0.4) is 0 Å². The molecular weight excluding hydrogens is 309 g/mol. The lowest BCUT2D eigenvalue weighted by Gasteiger charge is -2.25. The maximum Gasteiger partial charge on any atom is 0.226 e. The fourth-order valence-electron chi connectivity index (χ4n) is 3.04. The number of hydrogen-bond acceptors (Lipinski definition) is 3. The molecule has 1 N–H and O–H groups in total. The monoisotopic (exact) mass is 329 g/mol. The number of rotatable bonds is 5. The number of amides is 1. The zero-order valence-electron chi connectivity index (χ0n) is 13.3. The molecule has 1 aliphatic heterocycles. The zero-order chi connectivity index (χ0) is 16.9. The van der Waals surface area contributed by atoms with Crippen LogP contribution >= 0.6 is 0 Å². The van der Waals surface area contributed by atoms with E-state index in [-0.39, 0.29) is 37.3 Å². The van der Waals surface area contributed by atoms with Crippen molar-refractivity contribution in [1.29, 1.82) is 0 Å². The molecule has 2 aromatic carbocycles. The molecule has 0 saturated carbocycles. The molecule has 1 fully saturated rings. The van der Waals surface area contributed by atoms with Gasteiger partial charge in [-0.2, -0.15) is 0 Å². The Morgan fingerprint density at radius 1 is 1.21 bits per heavy atom. The average molecular weight is 329 g/mol. The van der Waals surface area contributed by atoms with Crippen molar-refractivity contribution >= 4 is 5.91 Å². The number of hydrogen-bond donors (Lipinski definition) is 1. The minimum absolute atomic E-state index is 0.100. The molecule has 5 heteroatoms. The summed E-state index contributed by atoms with van der Waals surface area (Å²) in [7, 11) is 0. The number of carbonyl (C=O) groups excluding carboxylic acids is 1. The van der Waals surface area contributed by atoms with Crippen LogP contribution in [0.15, 0.2) is 54.6 Å². The van der Waals surface area contributed by atoms with Gasteiger partial charge in [-0.1, -0.05) is 30.3 Å². The molecule has 0 aliphatic carbocycles. The molecule has 2 unspecified atom stereocenters. The van der Waals surface area contributed by atoms with Crippen LogP contribution in [0.25, 0.3) is 0 Å². The van der Waals surface area contributed by atoms with Gasteiger partial charge in [-0.15, -0.1) is 0 Å². The number of ether oxygens (including phenoxy) is 1. The van der Waals surface area contributed by atoms with E-state index in [2.05, 4.69) is 0 Å². The molecule has 0 radical (unpaired) electrons. The number of aliphatic hydroxyl groups is 1. The summed E-state index contributed by atoms with van der Waals surface area (Å²) in [5.41, 5.74) is 0.712. The first-order valence-electron chi connectivity index (χ1n) is 8.04. The van der Waals surface area contributed by atoms with Crippen LogP contribution in [0.2, 0.25) is 0 Å². The van der Waals surface area contributed by atoms with Crippen LogP contribution < -0.4 is 4.74 Å². The predicted octanol–water partition coefficient (Wildman–Crippen LogP) is 2.93. The van der Waals surface area contributed by atoms with Crippen LogP contribution in [0.4, 0.5) is 4.39 Å². The Morgan fingerprint density at radius 2 is 2.00 bits per heavy atom. The van der Waals surface area contributed by atoms with Crippen LogP contribution in [0, 0.1) is 5.82 Å². The summed E-state index contributed by atoms with van der Waals surface area (Å²) < 4.78 is 19.0. The van der Waals surface area contributed by atoms with Gasteiger partial charge in [-0.3, -0.25) is 4.79 Å². The average Bonchev–Trinajstić information content (AvgIpc) is 2.98. The standard InChI is InChI=1S/C19H20FNO3/c20-15-6-4-5-14(11-15)18-12-16(22)13-21(18)19(23)9-10-24-17-7-2-1-3-8-17/h1-8,11,16,18,22H,9-10,12-13H2. The Morgan fingerprint density at radius 3 is 2.75 bits per heavy atom. The lowest BCUT2D eigenvalue weighted by Crippen LogP contribution is -2.32. The zero-order valence-corrected chi connectivity index (χ0v) is 13.3. The molecule has 24 heavy (non-hydrogen) atoms. The molecule has 1 aliphatic rings. The lowest BCUT2D eigenvalue weighted by molar-refractivity contribution is -0.133. The maximum absolute atomic E-state index is 13.5. The molecule has 0 spiro atoms. The third kappa shape index (κ3) is 3.92. The number of para-hydroxylation sites is 1. The number of aliphatic hydroxyl groups excluding tert-OH is 1. The first-order valence-corrected chi connectivity index (χ1v) is 8.04. The largest absolute Gasteiger partial charge is 0.493 e. The maximum atomic E-state index is 13.5. The van der Waals surface area contributed by atoms with Crippen molar-refractivity contribution in [3.8, 4) is 5.75 Å². The van der Waals surface area contributed by atoms with Crippen molar-refractivity contribution in [2.45, 2.75) is 25.0 Å². The van der Waals surface area contributed by atoms with E-state index in [4.69, 9.17) is 4.74 Å². The van der Waals surface area contributed by atoms with Crippen LogP contribution in [0.1, 0.15) is 24.4 Å². The van der Waals surface area contributed by atoms with E-state index in [1.54, 1.807) is 17.0 Å². The van der Waals surface area contributed by atoms with Gasteiger partial charge in [0.2, 0.25) is 5.91 Å². The first kappa shape index (κ1) is 16.5. The van der Waals surface area contributed by atoms with E-state index < -0.39 is 6.10 Å². The van der Waals surface area contributed by atoms with Gasteiger partial charge in [-0.05, 0) is 36.2 Å². The number of benzene rings is 2. The van der Waals surface area contributed by atoms with Gasteiger partial charge in [0.15, 0.2) is 0 Å². The molecule has 1 saturated heterocycles. The van der Waals surface area contributed by atoms with E-state index in [0.29, 0.717) is 17.7 Å². The fraction of sp³-hybridized carbons (Fsp3) is 0.316. The summed E-state index contributed by atoms with van der Waals surface area (Å²) in [6, 6.07) is 15.2. The summed E-state index contributed by atoms with van der Waals surface area (Å²) in [5.74, 6) is 0.277. The number of likely N-dealkylation sites (tertiary alicyclic amines) is 1. The van der Waals surface area contributed by atoms with Crippen molar-refractivity contribution in [2.75, 3.05) is 13.2 Å². The quantitative estimate of drug-likeness (QED) is 0.917. The highest BCUT2D eigenvalue weighted by atomic mass is 19.1. The van der Waals surface area contributed by atoms with Gasteiger partial charge in [0.1, 0.15) is 11.6 Å². The number of nitrogens with zero attached hydrogens (tertiary/aromatic N) is 1. The molecular formula is C19H20FNO3. The van der Waals surface area contributed by atoms with Crippen molar-refractivity contribution in [1.82, 2.24) is 4.90 Å². The Kier molecular flexibility index (Phi) is 5.11. The molecule has 1 amide bonds. The molecule has 126 valence electrons. The molecule has 2 aromatic rings. The van der Waals surface area contributed by atoms with Crippen LogP contribution in [-0.4, -0.2) is 35.2 Å². The molecule has 0 bridgehead atoms. The number of β-amino-alcohol motifs (C(OH)–C–C–N with tert-alkyl or cyclic N) is 1. The summed E-state index contributed by atoms with van der Waals surface area (Å²) >= 11 is 0. The first-order chi connectivity index (χ1) is 11.6. The van der Waals surface area contributed by atoms with Crippen molar-refractivity contribution in [3.05, 3.63) is 66.0 Å². The number of halogens is 1. The normalized spacial score (nSPS) is 20.2. The summed E-state index contributed by atoms with van der Waals surface area (Å²) in [5, 5.41) is 9.93. The summed E-state index contributed by atoms with van der Waals surface area (Å²) in [4.78, 5) is 14.1. The molecule has 2 atom stereocenters. The van der Waals surface area contributed by atoms with Gasteiger partial charge in [0.05, 0.1) is 25.2 Å². The van der Waals surface area contributed by atoms with E-state index >= 15 is 0 Å². The lowest BCUT2D eigenvalue weighted by atomic mass is 10.0. The Bertz CT molecular complexity index is 692. The van der Waals surface area contributed by atoms with Gasteiger partial charge < -0.3 is 14.7 Å². The Labute approximate surface area is 140 Å². The van der Waals surface area contributed by atoms with E-state index in [0.717, 1.165) is 0 Å². The van der Waals surface area contributed by atoms with E-state index in [9.17, 15) is 14.3 Å². The molecule has 3 rings (SSSR count). The molecule has 0 aromatic heterocycles. The molecule has 4 nitrogen and oxygen atoms in total. The van der Waals surface area contributed by atoms with Crippen molar-refractivity contribution < 1.29 is 19.0 Å². The number of carbonyl (C=O) groups is 1. The second-order valence-corrected chi connectivity index (χ2v) is 5.92. The van der Waals surface area contributed by atoms with Crippen LogP contribution in [-0.2, 0) is 4.79 Å². The van der Waals surface area contributed by atoms with Gasteiger partial charge in [-0.25, -0.2) is 4.39 Å². The second-order valence-electron chi connectivity index (χ2n) is 5.92. The predicted molar refractivity (Wildman–Crippen MR) is 88.0 cm³/mol. The van der Waals surface area contributed by atoms with Gasteiger partial charge in [0, 0.05) is 6.54 Å². The third-order valence-electron chi connectivity index (χ3n) is 4.16. The fourth-order valence-corrected chi connectivity index (χ4v) is 3.04.